The minimum absolute atomic E-state index is 0. The van der Waals surface area contributed by atoms with Gasteiger partial charge in [0, 0.05) is 24.8 Å². The summed E-state index contributed by atoms with van der Waals surface area (Å²) < 4.78 is 0. The Kier molecular flexibility index (Phi) is 10.8. The van der Waals surface area contributed by atoms with Crippen molar-refractivity contribution in [1.82, 2.24) is 29.9 Å². The third-order valence-electron chi connectivity index (χ3n) is 5.21. The van der Waals surface area contributed by atoms with Crippen LogP contribution < -0.4 is 12.4 Å². The van der Waals surface area contributed by atoms with Crippen molar-refractivity contribution in [2.24, 2.45) is 0 Å². The molecule has 6 heterocycles. The Morgan fingerprint density at radius 3 is 0.737 bits per heavy atom. The molecule has 0 bridgehead atoms. The van der Waals surface area contributed by atoms with Gasteiger partial charge < -0.3 is 12.4 Å². The van der Waals surface area contributed by atoms with Gasteiger partial charge in [0.15, 0.2) is 0 Å². The number of halogens is 1. The summed E-state index contributed by atoms with van der Waals surface area (Å²) in [5, 5.41) is 0. The molecule has 0 fully saturated rings. The zero-order chi connectivity index (χ0) is 24.4. The van der Waals surface area contributed by atoms with Crippen LogP contribution in [0, 0.1) is 0 Å². The molecule has 0 unspecified atom stereocenters. The number of hydrogen-bond donors (Lipinski definition) is 0. The van der Waals surface area contributed by atoms with Crippen molar-refractivity contribution in [3.05, 3.63) is 134 Å². The van der Waals surface area contributed by atoms with Crippen LogP contribution in [0.2, 0.25) is 0 Å². The van der Waals surface area contributed by atoms with Crippen molar-refractivity contribution in [1.29, 1.82) is 0 Å². The smallest absolute Gasteiger partial charge is 1.00 e. The van der Waals surface area contributed by atoms with E-state index in [9.17, 15) is 0 Å². The predicted molar refractivity (Wildman–Crippen MR) is 141 cm³/mol. The molecule has 0 N–H and O–H groups in total. The number of rotatable bonds is 4. The molecule has 6 rings (SSSR count). The Labute approximate surface area is 238 Å². The van der Waals surface area contributed by atoms with Gasteiger partial charge in [-0.3, -0.25) is 19.9 Å². The molecule has 0 aliphatic carbocycles. The van der Waals surface area contributed by atoms with Crippen molar-refractivity contribution in [3.8, 4) is 45.6 Å². The van der Waals surface area contributed by atoms with Crippen LogP contribution >= 0.6 is 0 Å². The fourth-order valence-electron chi connectivity index (χ4n) is 3.50. The molecule has 0 aliphatic rings. The quantitative estimate of drug-likeness (QED) is 0.309. The van der Waals surface area contributed by atoms with Crippen molar-refractivity contribution in [2.75, 3.05) is 0 Å². The van der Waals surface area contributed by atoms with Crippen LogP contribution in [-0.2, 0) is 17.1 Å². The maximum Gasteiger partial charge on any atom is 2.00 e. The summed E-state index contributed by atoms with van der Waals surface area (Å²) in [6, 6.07) is 35.0. The van der Waals surface area contributed by atoms with Gasteiger partial charge in [0.25, 0.3) is 0 Å². The molecule has 8 heteroatoms. The van der Waals surface area contributed by atoms with Crippen molar-refractivity contribution >= 4 is 0 Å². The van der Waals surface area contributed by atoms with E-state index in [-0.39, 0.29) is 29.5 Å². The van der Waals surface area contributed by atoms with Crippen LogP contribution in [-0.4, -0.2) is 29.9 Å². The van der Waals surface area contributed by atoms with E-state index in [0.29, 0.717) is 0 Å². The van der Waals surface area contributed by atoms with Gasteiger partial charge in [-0.1, -0.05) is 36.4 Å². The molecule has 6 nitrogen and oxygen atoms in total. The van der Waals surface area contributed by atoms with Gasteiger partial charge in [-0.25, -0.2) is 9.97 Å². The van der Waals surface area contributed by atoms with Gasteiger partial charge in [0.1, 0.15) is 0 Å². The monoisotopic (exact) mass is 557 g/mol. The Morgan fingerprint density at radius 2 is 0.526 bits per heavy atom. The topological polar surface area (TPSA) is 77.3 Å². The number of hydrogen-bond acceptors (Lipinski definition) is 6. The number of pyridine rings is 6. The molecule has 0 saturated carbocycles. The molecule has 0 atom stereocenters. The molecule has 0 saturated heterocycles. The SMILES string of the molecule is [Cl-].[Fe+2].c1ccc(-c2cccc(-c3ccccn3)n2)nc1.c1ccc(-c2cccc(-c3ccccn3)n2)nc1. The molecular weight excluding hydrogens is 536 g/mol. The van der Waals surface area contributed by atoms with E-state index in [1.807, 2.05) is 109 Å². The predicted octanol–water partition coefficient (Wildman–Crippen LogP) is 3.41. The van der Waals surface area contributed by atoms with Crippen LogP contribution in [0.5, 0.6) is 0 Å². The molecule has 6 aromatic heterocycles. The van der Waals surface area contributed by atoms with Crippen molar-refractivity contribution < 1.29 is 29.5 Å². The van der Waals surface area contributed by atoms with Gasteiger partial charge >= 0.3 is 17.1 Å². The van der Waals surface area contributed by atoms with E-state index in [1.54, 1.807) is 24.8 Å². The second-order valence-corrected chi connectivity index (χ2v) is 7.68. The molecule has 0 radical (unpaired) electrons. The number of nitrogens with zero attached hydrogens (tertiary/aromatic N) is 6. The largest absolute Gasteiger partial charge is 2.00 e. The van der Waals surface area contributed by atoms with E-state index >= 15 is 0 Å². The Bertz CT molecular complexity index is 1290. The summed E-state index contributed by atoms with van der Waals surface area (Å²) in [6.07, 6.45) is 7.07. The van der Waals surface area contributed by atoms with Gasteiger partial charge in [0.05, 0.1) is 45.6 Å². The standard InChI is InChI=1S/2C15H11N3.ClH.Fe/c2*1-3-10-16-12(6-1)14-8-5-9-15(18-14)13-7-2-4-11-17-13;;/h2*1-11H;1H;/q;;;+2/p-1. The fraction of sp³-hybridized carbons (Fsp3) is 0. The minimum atomic E-state index is 0. The Morgan fingerprint density at radius 1 is 0.289 bits per heavy atom. The first-order valence-corrected chi connectivity index (χ1v) is 11.5. The van der Waals surface area contributed by atoms with E-state index in [4.69, 9.17) is 0 Å². The van der Waals surface area contributed by atoms with Gasteiger partial charge in [-0.05, 0) is 72.8 Å². The Hall–Kier alpha value is -4.29. The first kappa shape index (κ1) is 28.3. The summed E-state index contributed by atoms with van der Waals surface area (Å²) in [5.41, 5.74) is 6.92. The average Bonchev–Trinajstić information content (AvgIpc) is 2.99. The third kappa shape index (κ3) is 7.37. The normalized spacial score (nSPS) is 9.68. The molecule has 38 heavy (non-hydrogen) atoms. The van der Waals surface area contributed by atoms with Gasteiger partial charge in [-0.2, -0.15) is 0 Å². The second-order valence-electron chi connectivity index (χ2n) is 7.68. The molecule has 0 aromatic carbocycles. The minimum Gasteiger partial charge on any atom is -1.00 e. The maximum atomic E-state index is 4.59. The van der Waals surface area contributed by atoms with Crippen LogP contribution in [0.3, 0.4) is 0 Å². The van der Waals surface area contributed by atoms with E-state index < -0.39 is 0 Å². The van der Waals surface area contributed by atoms with Gasteiger partial charge in [0.2, 0.25) is 0 Å². The molecule has 0 amide bonds. The summed E-state index contributed by atoms with van der Waals surface area (Å²) in [5.74, 6) is 0. The second kappa shape index (κ2) is 14.4. The van der Waals surface area contributed by atoms with E-state index in [0.717, 1.165) is 45.6 Å². The Balaban J connectivity index is 0.000000200. The summed E-state index contributed by atoms with van der Waals surface area (Å²) in [6.45, 7) is 0. The average molecular weight is 558 g/mol. The first-order chi connectivity index (χ1) is 17.9. The molecule has 0 aliphatic heterocycles. The molecule has 186 valence electrons. The maximum absolute atomic E-state index is 4.59. The summed E-state index contributed by atoms with van der Waals surface area (Å²) >= 11 is 0. The van der Waals surface area contributed by atoms with E-state index in [2.05, 4.69) is 29.9 Å². The van der Waals surface area contributed by atoms with Gasteiger partial charge in [-0.15, -0.1) is 0 Å². The van der Waals surface area contributed by atoms with Crippen molar-refractivity contribution in [3.63, 3.8) is 0 Å². The summed E-state index contributed by atoms with van der Waals surface area (Å²) in [4.78, 5) is 26.4. The summed E-state index contributed by atoms with van der Waals surface area (Å²) in [7, 11) is 0. The van der Waals surface area contributed by atoms with Crippen LogP contribution in [0.15, 0.2) is 134 Å². The zero-order valence-electron chi connectivity index (χ0n) is 20.1. The zero-order valence-corrected chi connectivity index (χ0v) is 22.0. The number of aromatic nitrogens is 6. The van der Waals surface area contributed by atoms with Crippen LogP contribution in [0.1, 0.15) is 0 Å². The fourth-order valence-corrected chi connectivity index (χ4v) is 3.50. The van der Waals surface area contributed by atoms with Crippen LogP contribution in [0.4, 0.5) is 0 Å². The molecular formula is C30H22ClFeN6+. The third-order valence-corrected chi connectivity index (χ3v) is 5.21. The molecule has 0 spiro atoms. The molecule has 6 aromatic rings. The first-order valence-electron chi connectivity index (χ1n) is 11.5. The van der Waals surface area contributed by atoms with E-state index in [1.165, 1.54) is 0 Å². The van der Waals surface area contributed by atoms with Crippen LogP contribution in [0.25, 0.3) is 45.6 Å². The van der Waals surface area contributed by atoms with Crippen molar-refractivity contribution in [2.45, 2.75) is 0 Å².